The van der Waals surface area contributed by atoms with Crippen molar-refractivity contribution in [2.45, 2.75) is 19.8 Å². The van der Waals surface area contributed by atoms with Crippen LogP contribution in [0.4, 0.5) is 17.1 Å². The summed E-state index contributed by atoms with van der Waals surface area (Å²) in [7, 11) is 1.65. The number of nitrogens with zero attached hydrogens (tertiary/aromatic N) is 3. The summed E-state index contributed by atoms with van der Waals surface area (Å²) >= 11 is 0. The molecule has 0 amide bonds. The van der Waals surface area contributed by atoms with E-state index in [-0.39, 0.29) is 11.9 Å². The van der Waals surface area contributed by atoms with Gasteiger partial charge in [-0.3, -0.25) is 14.4 Å². The molecule has 4 rings (SSSR count). The molecule has 1 unspecified atom stereocenters. The highest BCUT2D eigenvalue weighted by Gasteiger charge is 2.35. The molecule has 2 aromatic rings. The molecule has 2 fully saturated rings. The van der Waals surface area contributed by atoms with Crippen molar-refractivity contribution in [1.82, 2.24) is 0 Å². The van der Waals surface area contributed by atoms with Crippen LogP contribution >= 0.6 is 0 Å². The third kappa shape index (κ3) is 4.11. The van der Waals surface area contributed by atoms with E-state index < -0.39 is 10.9 Å². The molecule has 2 heterocycles. The van der Waals surface area contributed by atoms with Gasteiger partial charge in [0.2, 0.25) is 0 Å². The first-order valence-corrected chi connectivity index (χ1v) is 10.9. The second-order valence-corrected chi connectivity index (χ2v) is 8.06. The lowest BCUT2D eigenvalue weighted by molar-refractivity contribution is -0.148. The van der Waals surface area contributed by atoms with Crippen LogP contribution in [0.1, 0.15) is 19.8 Å². The molecule has 0 radical (unpaired) electrons. The Bertz CT molecular complexity index is 988. The molecule has 0 aliphatic carbocycles. The average molecular weight is 428 g/mol. The van der Waals surface area contributed by atoms with E-state index in [1.165, 1.54) is 0 Å². The van der Waals surface area contributed by atoms with E-state index in [0.29, 0.717) is 44.2 Å². The van der Waals surface area contributed by atoms with Crippen molar-refractivity contribution in [2.75, 3.05) is 67.7 Å². The van der Waals surface area contributed by atoms with Crippen LogP contribution in [0.2, 0.25) is 0 Å². The molecule has 0 bridgehead atoms. The first kappa shape index (κ1) is 21.2. The van der Waals surface area contributed by atoms with Gasteiger partial charge in [0.25, 0.3) is 10.9 Å². The van der Waals surface area contributed by atoms with Gasteiger partial charge in [0.1, 0.15) is 17.1 Å². The number of methoxy groups -OCH3 is 1. The molecule has 0 saturated carbocycles. The van der Waals surface area contributed by atoms with E-state index >= 15 is 0 Å². The third-order valence-electron chi connectivity index (χ3n) is 6.25. The van der Waals surface area contributed by atoms with Gasteiger partial charge < -0.3 is 24.2 Å². The zero-order chi connectivity index (χ0) is 22.0. The lowest BCUT2D eigenvalue weighted by Gasteiger charge is -2.41. The summed E-state index contributed by atoms with van der Waals surface area (Å²) in [5.41, 5.74) is 1.27. The third-order valence-corrected chi connectivity index (χ3v) is 6.25. The maximum atomic E-state index is 12.5. The predicted octanol–water partition coefficient (Wildman–Crippen LogP) is 1.40. The summed E-state index contributed by atoms with van der Waals surface area (Å²) in [5.74, 6) is 0.344. The number of hydrogen-bond donors (Lipinski definition) is 0. The molecule has 0 aromatic heterocycles. The van der Waals surface area contributed by atoms with Gasteiger partial charge in [-0.05, 0) is 44.0 Å². The highest BCUT2D eigenvalue weighted by Crippen LogP contribution is 2.30. The number of rotatable bonds is 6. The van der Waals surface area contributed by atoms with Crippen LogP contribution in [0.5, 0.6) is 5.75 Å². The molecule has 31 heavy (non-hydrogen) atoms. The van der Waals surface area contributed by atoms with Gasteiger partial charge in [-0.1, -0.05) is 0 Å². The maximum Gasteiger partial charge on any atom is 0.310 e. The van der Waals surface area contributed by atoms with Crippen molar-refractivity contribution in [2.24, 2.45) is 5.92 Å². The molecule has 2 aromatic carbocycles. The minimum atomic E-state index is -0.433. The maximum absolute atomic E-state index is 12.5. The fraction of sp³-hybridized carbons (Fsp3) is 0.522. The van der Waals surface area contributed by atoms with Gasteiger partial charge in [0.15, 0.2) is 0 Å². The number of hydrogen-bond acceptors (Lipinski definition) is 8. The topological polar surface area (TPSA) is 79.4 Å². The molecule has 1 atom stereocenters. The van der Waals surface area contributed by atoms with Crippen LogP contribution in [-0.4, -0.2) is 59.0 Å². The average Bonchev–Trinajstić information content (AvgIpc) is 2.82. The number of carbonyl (C=O) groups is 1. The Balaban J connectivity index is 1.44. The van der Waals surface area contributed by atoms with E-state index in [2.05, 4.69) is 4.90 Å². The summed E-state index contributed by atoms with van der Waals surface area (Å²) in [4.78, 5) is 43.3. The van der Waals surface area contributed by atoms with Crippen LogP contribution in [0.3, 0.4) is 0 Å². The van der Waals surface area contributed by atoms with Gasteiger partial charge in [-0.15, -0.1) is 0 Å². The van der Waals surface area contributed by atoms with Gasteiger partial charge >= 0.3 is 5.97 Å². The minimum Gasteiger partial charge on any atom is -0.497 e. The highest BCUT2D eigenvalue weighted by molar-refractivity contribution is 5.79. The van der Waals surface area contributed by atoms with E-state index in [1.54, 1.807) is 14.0 Å². The van der Waals surface area contributed by atoms with Crippen LogP contribution in [-0.2, 0) is 9.53 Å². The number of piperidine rings is 1. The zero-order valence-electron chi connectivity index (χ0n) is 18.1. The molecule has 8 nitrogen and oxygen atoms in total. The zero-order valence-corrected chi connectivity index (χ0v) is 18.1. The molecular formula is C23H29N3O5. The molecule has 2 saturated heterocycles. The number of esters is 1. The van der Waals surface area contributed by atoms with Crippen LogP contribution in [0.25, 0.3) is 0 Å². The van der Waals surface area contributed by atoms with Crippen molar-refractivity contribution in [1.29, 1.82) is 0 Å². The van der Waals surface area contributed by atoms with Crippen molar-refractivity contribution < 1.29 is 14.3 Å². The molecule has 8 heteroatoms. The molecule has 2 aliphatic rings. The second-order valence-electron chi connectivity index (χ2n) is 8.06. The Morgan fingerprint density at radius 1 is 0.935 bits per heavy atom. The Hall–Kier alpha value is -3.03. The molecule has 2 aliphatic heterocycles. The van der Waals surface area contributed by atoms with Crippen LogP contribution in [0, 0.1) is 5.92 Å². The van der Waals surface area contributed by atoms with Crippen molar-refractivity contribution in [3.8, 4) is 5.75 Å². The number of benzene rings is 1. The number of ether oxygens (including phenoxy) is 2. The van der Waals surface area contributed by atoms with Crippen molar-refractivity contribution in [3.05, 3.63) is 44.7 Å². The summed E-state index contributed by atoms with van der Waals surface area (Å²) in [6.07, 6.45) is 1.55. The van der Waals surface area contributed by atoms with E-state index in [1.807, 2.05) is 34.1 Å². The minimum absolute atomic E-state index is 0.222. The normalized spacial score (nSPS) is 19.5. The molecule has 166 valence electrons. The Labute approximate surface area is 181 Å². The highest BCUT2D eigenvalue weighted by atomic mass is 16.5. The molecule has 0 N–H and O–H groups in total. The predicted molar refractivity (Wildman–Crippen MR) is 120 cm³/mol. The molecule has 0 spiro atoms. The first-order chi connectivity index (χ1) is 15.0. The van der Waals surface area contributed by atoms with E-state index in [9.17, 15) is 14.4 Å². The van der Waals surface area contributed by atoms with Gasteiger partial charge in [-0.2, -0.15) is 0 Å². The fourth-order valence-corrected chi connectivity index (χ4v) is 4.57. The number of anilines is 3. The van der Waals surface area contributed by atoms with Crippen LogP contribution in [0.15, 0.2) is 33.9 Å². The monoisotopic (exact) mass is 427 g/mol. The quantitative estimate of drug-likeness (QED) is 0.506. The van der Waals surface area contributed by atoms with Gasteiger partial charge in [0.05, 0.1) is 19.6 Å². The standard InChI is InChI=1S/C23H29N3O5/c1-3-31-23(29)16-5-4-10-26(15-16)20-19(21(27)22(20)28)25-13-11-24(12-14-25)17-6-8-18(30-2)9-7-17/h6-9,16H,3-5,10-15H2,1-2H3. The first-order valence-electron chi connectivity index (χ1n) is 10.9. The Kier molecular flexibility index (Phi) is 6.15. The molecular weight excluding hydrogens is 398 g/mol. The SMILES string of the molecule is CCOC(=O)C1CCCN(c2c(N3CCN(c4ccc(OC)cc4)CC3)c(=O)c2=O)C1. The summed E-state index contributed by atoms with van der Waals surface area (Å²) in [6.45, 7) is 6.10. The number of piperazine rings is 1. The van der Waals surface area contributed by atoms with Crippen LogP contribution < -0.4 is 30.3 Å². The smallest absolute Gasteiger partial charge is 0.310 e. The summed E-state index contributed by atoms with van der Waals surface area (Å²) in [5, 5.41) is 0. The lowest BCUT2D eigenvalue weighted by Crippen LogP contribution is -2.54. The van der Waals surface area contributed by atoms with Crippen molar-refractivity contribution >= 4 is 23.0 Å². The Morgan fingerprint density at radius 2 is 1.55 bits per heavy atom. The summed E-state index contributed by atoms with van der Waals surface area (Å²) < 4.78 is 10.4. The fourth-order valence-electron chi connectivity index (χ4n) is 4.57. The largest absolute Gasteiger partial charge is 0.497 e. The van der Waals surface area contributed by atoms with E-state index in [0.717, 1.165) is 37.4 Å². The number of carbonyl (C=O) groups excluding carboxylic acids is 1. The van der Waals surface area contributed by atoms with Gasteiger partial charge in [0, 0.05) is 45.0 Å². The van der Waals surface area contributed by atoms with Crippen molar-refractivity contribution in [3.63, 3.8) is 0 Å². The van der Waals surface area contributed by atoms with E-state index in [4.69, 9.17) is 9.47 Å². The van der Waals surface area contributed by atoms with Gasteiger partial charge in [-0.25, -0.2) is 0 Å². The Morgan fingerprint density at radius 3 is 2.16 bits per heavy atom. The second kappa shape index (κ2) is 8.99. The lowest BCUT2D eigenvalue weighted by atomic mass is 9.96. The summed E-state index contributed by atoms with van der Waals surface area (Å²) in [6, 6.07) is 7.93.